The summed E-state index contributed by atoms with van der Waals surface area (Å²) in [4.78, 5) is 9.24. The summed E-state index contributed by atoms with van der Waals surface area (Å²) in [5, 5.41) is 3.11. The Kier molecular flexibility index (Phi) is 3.54. The molecule has 1 aromatic heterocycles. The minimum atomic E-state index is 0.775. The van der Waals surface area contributed by atoms with Gasteiger partial charge in [-0.3, -0.25) is 0 Å². The van der Waals surface area contributed by atoms with Crippen LogP contribution in [0.5, 0.6) is 5.75 Å². The average Bonchev–Trinajstić information content (AvgIpc) is 2.94. The SMILES string of the molecule is CCCc1cc(NC)nc(-c2ccc3c(c2)CCO3)n1. The Bertz CT molecular complexity index is 625. The van der Waals surface area contributed by atoms with E-state index in [-0.39, 0.29) is 0 Å². The van der Waals surface area contributed by atoms with Gasteiger partial charge in [-0.15, -0.1) is 0 Å². The van der Waals surface area contributed by atoms with E-state index in [9.17, 15) is 0 Å². The number of anilines is 1. The molecule has 2 aromatic rings. The van der Waals surface area contributed by atoms with Crippen molar-refractivity contribution in [1.29, 1.82) is 0 Å². The first-order chi connectivity index (χ1) is 9.80. The molecule has 4 nitrogen and oxygen atoms in total. The highest BCUT2D eigenvalue weighted by Crippen LogP contribution is 2.29. The molecular formula is C16H19N3O. The Morgan fingerprint density at radius 2 is 2.15 bits per heavy atom. The number of ether oxygens (including phenoxy) is 1. The Morgan fingerprint density at radius 3 is 2.95 bits per heavy atom. The molecule has 0 unspecified atom stereocenters. The predicted molar refractivity (Wildman–Crippen MR) is 80.2 cm³/mol. The summed E-state index contributed by atoms with van der Waals surface area (Å²) in [5.41, 5.74) is 3.39. The first-order valence-electron chi connectivity index (χ1n) is 7.12. The highest BCUT2D eigenvalue weighted by molar-refractivity contribution is 5.61. The Hall–Kier alpha value is -2.10. The van der Waals surface area contributed by atoms with Gasteiger partial charge < -0.3 is 10.1 Å². The zero-order chi connectivity index (χ0) is 13.9. The van der Waals surface area contributed by atoms with Crippen molar-refractivity contribution in [3.8, 4) is 17.1 Å². The van der Waals surface area contributed by atoms with Gasteiger partial charge in [0, 0.05) is 30.8 Å². The quantitative estimate of drug-likeness (QED) is 0.926. The second-order valence-corrected chi connectivity index (χ2v) is 4.99. The lowest BCUT2D eigenvalue weighted by Gasteiger charge is -2.08. The summed E-state index contributed by atoms with van der Waals surface area (Å²) in [7, 11) is 1.89. The van der Waals surface area contributed by atoms with E-state index in [0.29, 0.717) is 0 Å². The number of nitrogens with zero attached hydrogens (tertiary/aromatic N) is 2. The second-order valence-electron chi connectivity index (χ2n) is 4.99. The molecule has 4 heteroatoms. The maximum atomic E-state index is 5.54. The van der Waals surface area contributed by atoms with Crippen molar-refractivity contribution in [1.82, 2.24) is 9.97 Å². The lowest BCUT2D eigenvalue weighted by Crippen LogP contribution is -2.01. The molecule has 1 aromatic carbocycles. The van der Waals surface area contributed by atoms with Gasteiger partial charge >= 0.3 is 0 Å². The lowest BCUT2D eigenvalue weighted by atomic mass is 10.1. The number of aryl methyl sites for hydroxylation is 1. The van der Waals surface area contributed by atoms with Crippen LogP contribution < -0.4 is 10.1 Å². The number of hydrogen-bond acceptors (Lipinski definition) is 4. The van der Waals surface area contributed by atoms with Crippen LogP contribution in [0.15, 0.2) is 24.3 Å². The number of benzene rings is 1. The van der Waals surface area contributed by atoms with Gasteiger partial charge in [-0.05, 0) is 30.2 Å². The number of rotatable bonds is 4. The number of hydrogen-bond donors (Lipinski definition) is 1. The van der Waals surface area contributed by atoms with E-state index in [1.807, 2.05) is 25.2 Å². The molecule has 20 heavy (non-hydrogen) atoms. The Morgan fingerprint density at radius 1 is 1.25 bits per heavy atom. The molecule has 0 fully saturated rings. The molecule has 104 valence electrons. The third-order valence-electron chi connectivity index (χ3n) is 3.49. The monoisotopic (exact) mass is 269 g/mol. The molecular weight excluding hydrogens is 250 g/mol. The predicted octanol–water partition coefficient (Wildman–Crippen LogP) is 3.07. The third-order valence-corrected chi connectivity index (χ3v) is 3.49. The van der Waals surface area contributed by atoms with E-state index < -0.39 is 0 Å². The van der Waals surface area contributed by atoms with Crippen molar-refractivity contribution < 1.29 is 4.74 Å². The third kappa shape index (κ3) is 2.46. The van der Waals surface area contributed by atoms with Crippen LogP contribution in [0.2, 0.25) is 0 Å². The van der Waals surface area contributed by atoms with Gasteiger partial charge in [0.1, 0.15) is 11.6 Å². The standard InChI is InChI=1S/C16H19N3O/c1-3-4-13-10-15(17-2)19-16(18-13)12-5-6-14-11(9-12)7-8-20-14/h5-6,9-10H,3-4,7-8H2,1-2H3,(H,17,18,19). The summed E-state index contributed by atoms with van der Waals surface area (Å²) in [6.45, 7) is 2.94. The van der Waals surface area contributed by atoms with Crippen LogP contribution in [0.25, 0.3) is 11.4 Å². The van der Waals surface area contributed by atoms with E-state index in [4.69, 9.17) is 4.74 Å². The van der Waals surface area contributed by atoms with Gasteiger partial charge in [-0.25, -0.2) is 9.97 Å². The van der Waals surface area contributed by atoms with Crippen LogP contribution in [0, 0.1) is 0 Å². The first kappa shape index (κ1) is 12.9. The molecule has 0 saturated heterocycles. The fourth-order valence-electron chi connectivity index (χ4n) is 2.46. The van der Waals surface area contributed by atoms with E-state index >= 15 is 0 Å². The number of fused-ring (bicyclic) bond motifs is 1. The summed E-state index contributed by atoms with van der Waals surface area (Å²) in [5.74, 6) is 2.65. The zero-order valence-corrected chi connectivity index (χ0v) is 11.9. The Labute approximate surface area is 119 Å². The molecule has 0 spiro atoms. The highest BCUT2D eigenvalue weighted by atomic mass is 16.5. The average molecular weight is 269 g/mol. The minimum Gasteiger partial charge on any atom is -0.493 e. The molecule has 3 rings (SSSR count). The fraction of sp³-hybridized carbons (Fsp3) is 0.375. The molecule has 1 aliphatic heterocycles. The number of nitrogens with one attached hydrogen (secondary N) is 1. The molecule has 1 aliphatic rings. The highest BCUT2D eigenvalue weighted by Gasteiger charge is 2.14. The van der Waals surface area contributed by atoms with Crippen molar-refractivity contribution in [2.45, 2.75) is 26.2 Å². The molecule has 0 aliphatic carbocycles. The largest absolute Gasteiger partial charge is 0.493 e. The topological polar surface area (TPSA) is 47.0 Å². The van der Waals surface area contributed by atoms with E-state index in [1.54, 1.807) is 0 Å². The van der Waals surface area contributed by atoms with Gasteiger partial charge in [0.15, 0.2) is 5.82 Å². The normalized spacial score (nSPS) is 12.9. The molecule has 0 saturated carbocycles. The van der Waals surface area contributed by atoms with Gasteiger partial charge in [-0.2, -0.15) is 0 Å². The molecule has 0 atom stereocenters. The van der Waals surface area contributed by atoms with Gasteiger partial charge in [0.2, 0.25) is 0 Å². The molecule has 2 heterocycles. The molecule has 1 N–H and O–H groups in total. The minimum absolute atomic E-state index is 0.775. The summed E-state index contributed by atoms with van der Waals surface area (Å²) >= 11 is 0. The van der Waals surface area contributed by atoms with Crippen LogP contribution in [-0.2, 0) is 12.8 Å². The Balaban J connectivity index is 2.02. The fourth-order valence-corrected chi connectivity index (χ4v) is 2.46. The summed E-state index contributed by atoms with van der Waals surface area (Å²) < 4.78 is 5.54. The molecule has 0 bridgehead atoms. The van der Waals surface area contributed by atoms with Crippen molar-refractivity contribution >= 4 is 5.82 Å². The van der Waals surface area contributed by atoms with Crippen molar-refractivity contribution in [3.63, 3.8) is 0 Å². The van der Waals surface area contributed by atoms with Crippen LogP contribution in [0.4, 0.5) is 5.82 Å². The van der Waals surface area contributed by atoms with E-state index in [0.717, 1.165) is 54.5 Å². The van der Waals surface area contributed by atoms with Gasteiger partial charge in [0.05, 0.1) is 6.61 Å². The molecule has 0 radical (unpaired) electrons. The summed E-state index contributed by atoms with van der Waals surface area (Å²) in [6, 6.07) is 8.22. The van der Waals surface area contributed by atoms with Crippen LogP contribution in [-0.4, -0.2) is 23.6 Å². The van der Waals surface area contributed by atoms with Crippen molar-refractivity contribution in [2.75, 3.05) is 19.0 Å². The molecule has 0 amide bonds. The van der Waals surface area contributed by atoms with Crippen molar-refractivity contribution in [2.24, 2.45) is 0 Å². The van der Waals surface area contributed by atoms with Gasteiger partial charge in [0.25, 0.3) is 0 Å². The maximum absolute atomic E-state index is 5.54. The summed E-state index contributed by atoms with van der Waals surface area (Å²) in [6.07, 6.45) is 3.02. The lowest BCUT2D eigenvalue weighted by molar-refractivity contribution is 0.357. The van der Waals surface area contributed by atoms with E-state index in [2.05, 4.69) is 28.3 Å². The van der Waals surface area contributed by atoms with Crippen LogP contribution in [0.3, 0.4) is 0 Å². The first-order valence-corrected chi connectivity index (χ1v) is 7.12. The van der Waals surface area contributed by atoms with E-state index in [1.165, 1.54) is 5.56 Å². The maximum Gasteiger partial charge on any atom is 0.161 e. The second kappa shape index (κ2) is 5.49. The van der Waals surface area contributed by atoms with Crippen LogP contribution >= 0.6 is 0 Å². The zero-order valence-electron chi connectivity index (χ0n) is 11.9. The van der Waals surface area contributed by atoms with Crippen LogP contribution in [0.1, 0.15) is 24.6 Å². The van der Waals surface area contributed by atoms with Crippen molar-refractivity contribution in [3.05, 3.63) is 35.5 Å². The van der Waals surface area contributed by atoms with Gasteiger partial charge in [-0.1, -0.05) is 13.3 Å². The smallest absolute Gasteiger partial charge is 0.161 e. The number of aromatic nitrogens is 2.